The molecule has 0 radical (unpaired) electrons. The van der Waals surface area contributed by atoms with Gasteiger partial charge in [0.25, 0.3) is 0 Å². The molecule has 3 heteroatoms. The molecule has 0 amide bonds. The molecular formula is C20H18OS2. The van der Waals surface area contributed by atoms with Gasteiger partial charge in [0.2, 0.25) is 0 Å². The van der Waals surface area contributed by atoms with Crippen LogP contribution in [0.4, 0.5) is 0 Å². The minimum Gasteiger partial charge on any atom is -0.211 e. The highest BCUT2D eigenvalue weighted by Gasteiger charge is 2.12. The van der Waals surface area contributed by atoms with E-state index in [0.717, 1.165) is 25.8 Å². The van der Waals surface area contributed by atoms with Gasteiger partial charge in [-0.15, -0.1) is 0 Å². The Labute approximate surface area is 144 Å². The maximum Gasteiger partial charge on any atom is 0.113 e. The Bertz CT molecular complexity index is 914. The summed E-state index contributed by atoms with van der Waals surface area (Å²) in [6.07, 6.45) is 0. The molecule has 23 heavy (non-hydrogen) atoms. The van der Waals surface area contributed by atoms with Crippen molar-refractivity contribution < 1.29 is 4.21 Å². The van der Waals surface area contributed by atoms with Gasteiger partial charge in [0.1, 0.15) is 15.5 Å². The Kier molecular flexibility index (Phi) is 4.69. The standard InChI is InChI=1S/C20H18OS2/c1-13-10-14(2)19(15(3)11-13)20(23-21)22-18-9-8-16-6-4-5-7-17(16)12-18/h4-12H,1-3H3. The number of hydrogen-bond donors (Lipinski definition) is 0. The predicted molar refractivity (Wildman–Crippen MR) is 103 cm³/mol. The van der Waals surface area contributed by atoms with Crippen molar-refractivity contribution in [3.63, 3.8) is 0 Å². The number of benzene rings is 3. The minimum atomic E-state index is 0.587. The van der Waals surface area contributed by atoms with E-state index in [-0.39, 0.29) is 0 Å². The van der Waals surface area contributed by atoms with E-state index in [0.29, 0.717) is 11.3 Å². The van der Waals surface area contributed by atoms with E-state index in [1.54, 1.807) is 11.8 Å². The summed E-state index contributed by atoms with van der Waals surface area (Å²) in [6, 6.07) is 18.9. The summed E-state index contributed by atoms with van der Waals surface area (Å²) in [7, 11) is 0. The van der Waals surface area contributed by atoms with Crippen LogP contribution in [0.25, 0.3) is 10.8 Å². The van der Waals surface area contributed by atoms with Gasteiger partial charge in [-0.05, 0) is 54.8 Å². The predicted octanol–water partition coefficient (Wildman–Crippen LogP) is 5.25. The summed E-state index contributed by atoms with van der Waals surface area (Å²) in [4.78, 5) is 1.10. The van der Waals surface area contributed by atoms with Crippen LogP contribution in [0, 0.1) is 20.8 Å². The molecule has 3 aromatic rings. The first-order valence-corrected chi connectivity index (χ1v) is 9.06. The molecule has 0 heterocycles. The molecule has 1 nitrogen and oxygen atoms in total. The van der Waals surface area contributed by atoms with Crippen LogP contribution in [0.1, 0.15) is 22.3 Å². The quantitative estimate of drug-likeness (QED) is 0.469. The van der Waals surface area contributed by atoms with Crippen LogP contribution >= 0.6 is 11.8 Å². The first kappa shape index (κ1) is 16.0. The van der Waals surface area contributed by atoms with E-state index in [9.17, 15) is 4.21 Å². The van der Waals surface area contributed by atoms with Crippen molar-refractivity contribution in [3.8, 4) is 0 Å². The lowest BCUT2D eigenvalue weighted by Crippen LogP contribution is -2.02. The average molecular weight is 338 g/mol. The third-order valence-corrected chi connectivity index (χ3v) is 5.58. The Balaban J connectivity index is 2.01. The van der Waals surface area contributed by atoms with Crippen molar-refractivity contribution in [1.29, 1.82) is 0 Å². The van der Waals surface area contributed by atoms with Crippen LogP contribution < -0.4 is 0 Å². The molecule has 3 aromatic carbocycles. The van der Waals surface area contributed by atoms with Gasteiger partial charge in [0.05, 0.1) is 0 Å². The highest BCUT2D eigenvalue weighted by atomic mass is 32.2. The summed E-state index contributed by atoms with van der Waals surface area (Å²) in [5, 5.41) is 2.42. The molecule has 0 atom stereocenters. The Morgan fingerprint density at radius 2 is 1.48 bits per heavy atom. The molecule has 0 aliphatic carbocycles. The molecule has 0 unspecified atom stereocenters. The number of fused-ring (bicyclic) bond motifs is 1. The minimum absolute atomic E-state index is 0.587. The molecule has 0 aliphatic heterocycles. The normalized spacial score (nSPS) is 10.7. The van der Waals surface area contributed by atoms with E-state index in [4.69, 9.17) is 0 Å². The highest BCUT2D eigenvalue weighted by molar-refractivity contribution is 8.21. The lowest BCUT2D eigenvalue weighted by atomic mass is 10.0. The van der Waals surface area contributed by atoms with Crippen molar-refractivity contribution in [1.82, 2.24) is 0 Å². The van der Waals surface area contributed by atoms with Gasteiger partial charge in [-0.3, -0.25) is 0 Å². The summed E-state index contributed by atoms with van der Waals surface area (Å²) in [6.45, 7) is 6.24. The summed E-state index contributed by atoms with van der Waals surface area (Å²) >= 11 is 2.15. The van der Waals surface area contributed by atoms with Crippen LogP contribution in [0.3, 0.4) is 0 Å². The van der Waals surface area contributed by atoms with E-state index < -0.39 is 0 Å². The second-order valence-corrected chi connectivity index (χ2v) is 7.67. The van der Waals surface area contributed by atoms with Gasteiger partial charge in [0.15, 0.2) is 0 Å². The topological polar surface area (TPSA) is 17.1 Å². The molecule has 0 N–H and O–H groups in total. The van der Waals surface area contributed by atoms with Gasteiger partial charge in [0, 0.05) is 10.5 Å². The third-order valence-electron chi connectivity index (χ3n) is 3.89. The third kappa shape index (κ3) is 3.41. The maximum atomic E-state index is 11.7. The molecule has 0 saturated heterocycles. The van der Waals surface area contributed by atoms with Crippen LogP contribution in [0.15, 0.2) is 59.5 Å². The highest BCUT2D eigenvalue weighted by Crippen LogP contribution is 2.29. The fourth-order valence-electron chi connectivity index (χ4n) is 2.95. The molecule has 116 valence electrons. The summed E-state index contributed by atoms with van der Waals surface area (Å²) < 4.78 is 12.6. The van der Waals surface area contributed by atoms with Gasteiger partial charge in [-0.1, -0.05) is 59.8 Å². The maximum absolute atomic E-state index is 11.7. The van der Waals surface area contributed by atoms with Crippen molar-refractivity contribution in [2.24, 2.45) is 0 Å². The molecule has 0 spiro atoms. The molecule has 0 bridgehead atoms. The number of hydrogen-bond acceptors (Lipinski definition) is 2. The van der Waals surface area contributed by atoms with Crippen LogP contribution in [-0.2, 0) is 11.3 Å². The van der Waals surface area contributed by atoms with Gasteiger partial charge >= 0.3 is 0 Å². The second-order valence-electron chi connectivity index (χ2n) is 5.76. The first-order chi connectivity index (χ1) is 11.1. The summed E-state index contributed by atoms with van der Waals surface area (Å²) in [5.41, 5.74) is 4.63. The molecule has 3 rings (SSSR count). The van der Waals surface area contributed by atoms with Crippen LogP contribution in [-0.4, -0.2) is 8.41 Å². The van der Waals surface area contributed by atoms with Gasteiger partial charge < -0.3 is 0 Å². The Hall–Kier alpha value is -1.84. The molecule has 0 aliphatic rings. The first-order valence-electron chi connectivity index (χ1n) is 7.50. The zero-order valence-corrected chi connectivity index (χ0v) is 15.1. The van der Waals surface area contributed by atoms with Crippen molar-refractivity contribution in [3.05, 3.63) is 76.9 Å². The number of aryl methyl sites for hydroxylation is 3. The zero-order valence-electron chi connectivity index (χ0n) is 13.4. The lowest BCUT2D eigenvalue weighted by Gasteiger charge is -2.12. The van der Waals surface area contributed by atoms with Gasteiger partial charge in [-0.25, -0.2) is 4.21 Å². The zero-order chi connectivity index (χ0) is 16.4. The largest absolute Gasteiger partial charge is 0.211 e. The Morgan fingerprint density at radius 1 is 0.826 bits per heavy atom. The second kappa shape index (κ2) is 6.73. The molecule has 0 saturated carbocycles. The summed E-state index contributed by atoms with van der Waals surface area (Å²) in [5.74, 6) is 0. The molecule has 0 fully saturated rings. The van der Waals surface area contributed by atoms with Crippen molar-refractivity contribution in [2.75, 3.05) is 0 Å². The fourth-order valence-corrected chi connectivity index (χ4v) is 4.74. The van der Waals surface area contributed by atoms with E-state index >= 15 is 0 Å². The van der Waals surface area contributed by atoms with Crippen molar-refractivity contribution in [2.45, 2.75) is 25.7 Å². The fraction of sp³-hybridized carbons (Fsp3) is 0.150. The number of rotatable bonds is 2. The average Bonchev–Trinajstić information content (AvgIpc) is 2.52. The van der Waals surface area contributed by atoms with E-state index in [1.807, 2.05) is 12.1 Å². The van der Waals surface area contributed by atoms with Crippen LogP contribution in [0.5, 0.6) is 0 Å². The molecular weight excluding hydrogens is 320 g/mol. The van der Waals surface area contributed by atoms with Crippen LogP contribution in [0.2, 0.25) is 0 Å². The van der Waals surface area contributed by atoms with E-state index in [1.165, 1.54) is 16.3 Å². The SMILES string of the molecule is Cc1cc(C)c(C(Sc2ccc3ccccc3c2)=S=O)c(C)c1. The van der Waals surface area contributed by atoms with Gasteiger partial charge in [-0.2, -0.15) is 0 Å². The smallest absolute Gasteiger partial charge is 0.113 e. The lowest BCUT2D eigenvalue weighted by molar-refractivity contribution is 0.701. The molecule has 0 aromatic heterocycles. The van der Waals surface area contributed by atoms with Crippen molar-refractivity contribution >= 4 is 38.0 Å². The Morgan fingerprint density at radius 3 is 2.13 bits per heavy atom. The monoisotopic (exact) mass is 338 g/mol. The van der Waals surface area contributed by atoms with E-state index in [2.05, 4.69) is 63.2 Å². The number of thioether (sulfide) groups is 1.